The molecule has 3 aromatic rings. The van der Waals surface area contributed by atoms with Gasteiger partial charge in [-0.1, -0.05) is 98.2 Å². The first-order chi connectivity index (χ1) is 23.0. The second kappa shape index (κ2) is 13.8. The van der Waals surface area contributed by atoms with Gasteiger partial charge >= 0.3 is 0 Å². The van der Waals surface area contributed by atoms with Gasteiger partial charge in [0.2, 0.25) is 11.8 Å². The van der Waals surface area contributed by atoms with Gasteiger partial charge in [0.25, 0.3) is 0 Å². The van der Waals surface area contributed by atoms with Crippen molar-refractivity contribution >= 4 is 28.7 Å². The van der Waals surface area contributed by atoms with Gasteiger partial charge in [0.05, 0.1) is 24.5 Å². The average molecular weight is 633 g/mol. The molecule has 3 aromatic carbocycles. The van der Waals surface area contributed by atoms with Crippen molar-refractivity contribution in [1.29, 1.82) is 0 Å². The van der Waals surface area contributed by atoms with Crippen molar-refractivity contribution in [2.75, 3.05) is 19.7 Å². The fourth-order valence-corrected chi connectivity index (χ4v) is 8.89. The second-order valence-corrected chi connectivity index (χ2v) is 14.0. The zero-order valence-corrected chi connectivity index (χ0v) is 27.9. The van der Waals surface area contributed by atoms with Crippen LogP contribution in [0.3, 0.4) is 0 Å². The summed E-state index contributed by atoms with van der Waals surface area (Å²) in [5.41, 5.74) is 6.47. The molecule has 3 aliphatic heterocycles. The molecule has 0 saturated carbocycles. The summed E-state index contributed by atoms with van der Waals surface area (Å²) in [6.07, 6.45) is 9.35. The molecular formula is C41H48N2O4. The SMILES string of the molecule is CCCC1=C2[C@@H](CC/C(=C/c3ccc(O)c4ccccc34)CC)OC[C@@H]2[C@@H]2C(=O)N(C3CCN(Cc4ccccc4)CC3)C(=O)[C@@H]2C1. The van der Waals surface area contributed by atoms with Crippen LogP contribution in [0.5, 0.6) is 5.75 Å². The molecule has 4 aliphatic rings. The molecule has 1 N–H and O–H groups in total. The lowest BCUT2D eigenvalue weighted by Gasteiger charge is -2.36. The van der Waals surface area contributed by atoms with E-state index in [1.807, 2.05) is 30.3 Å². The van der Waals surface area contributed by atoms with E-state index in [4.69, 9.17) is 4.74 Å². The van der Waals surface area contributed by atoms with Gasteiger partial charge in [0.1, 0.15) is 5.75 Å². The van der Waals surface area contributed by atoms with Gasteiger partial charge in [-0.15, -0.1) is 0 Å². The number of carbonyl (C=O) groups is 2. The number of nitrogens with zero attached hydrogens (tertiary/aromatic N) is 2. The maximum atomic E-state index is 14.2. The van der Waals surface area contributed by atoms with Crippen LogP contribution in [-0.2, 0) is 20.9 Å². The lowest BCUT2D eigenvalue weighted by atomic mass is 9.68. The van der Waals surface area contributed by atoms with Crippen LogP contribution >= 0.6 is 0 Å². The maximum Gasteiger partial charge on any atom is 0.234 e. The largest absolute Gasteiger partial charge is 0.507 e. The molecule has 0 bridgehead atoms. The van der Waals surface area contributed by atoms with E-state index in [0.29, 0.717) is 18.8 Å². The Morgan fingerprint density at radius 3 is 2.40 bits per heavy atom. The number of hydrogen-bond acceptors (Lipinski definition) is 5. The van der Waals surface area contributed by atoms with Crippen LogP contribution in [0, 0.1) is 17.8 Å². The molecule has 0 unspecified atom stereocenters. The molecule has 6 nitrogen and oxygen atoms in total. The molecule has 0 radical (unpaired) electrons. The molecule has 0 spiro atoms. The third-order valence-corrected chi connectivity index (χ3v) is 11.2. The number of carbonyl (C=O) groups excluding carboxylic acids is 2. The summed E-state index contributed by atoms with van der Waals surface area (Å²) in [5, 5.41) is 12.3. The highest BCUT2D eigenvalue weighted by Crippen LogP contribution is 2.51. The number of allylic oxidation sites excluding steroid dienone is 2. The fraction of sp³-hybridized carbons (Fsp3) is 0.463. The normalized spacial score (nSPS) is 25.6. The van der Waals surface area contributed by atoms with Crippen LogP contribution in [0.1, 0.15) is 76.3 Å². The van der Waals surface area contributed by atoms with Gasteiger partial charge in [-0.25, -0.2) is 0 Å². The Balaban J connectivity index is 1.05. The summed E-state index contributed by atoms with van der Waals surface area (Å²) in [4.78, 5) is 32.3. The van der Waals surface area contributed by atoms with Crippen molar-refractivity contribution in [3.63, 3.8) is 0 Å². The van der Waals surface area contributed by atoms with Gasteiger partial charge in [-0.05, 0) is 73.1 Å². The molecule has 7 rings (SSSR count). The Morgan fingerprint density at radius 2 is 1.66 bits per heavy atom. The average Bonchev–Trinajstić information content (AvgIpc) is 3.63. The van der Waals surface area contributed by atoms with Crippen LogP contribution in [0.25, 0.3) is 16.8 Å². The van der Waals surface area contributed by atoms with Crippen molar-refractivity contribution in [2.45, 2.75) is 83.9 Å². The van der Waals surface area contributed by atoms with E-state index in [-0.39, 0.29) is 41.7 Å². The molecule has 1 aliphatic carbocycles. The number of phenolic OH excluding ortho intramolecular Hbond substituents is 1. The zero-order valence-electron chi connectivity index (χ0n) is 27.9. The molecular weight excluding hydrogens is 584 g/mol. The van der Waals surface area contributed by atoms with Crippen LogP contribution in [0.4, 0.5) is 0 Å². The van der Waals surface area contributed by atoms with Crippen molar-refractivity contribution in [3.8, 4) is 5.75 Å². The molecule has 4 atom stereocenters. The summed E-state index contributed by atoms with van der Waals surface area (Å²) < 4.78 is 6.54. The van der Waals surface area contributed by atoms with Crippen LogP contribution < -0.4 is 0 Å². The predicted octanol–water partition coefficient (Wildman–Crippen LogP) is 7.90. The Labute approximate surface area is 279 Å². The van der Waals surface area contributed by atoms with Crippen LogP contribution in [-0.4, -0.2) is 58.6 Å². The Bertz CT molecular complexity index is 1690. The van der Waals surface area contributed by atoms with Crippen LogP contribution in [0.15, 0.2) is 83.4 Å². The number of fused-ring (bicyclic) bond motifs is 4. The van der Waals surface area contributed by atoms with E-state index in [1.54, 1.807) is 11.0 Å². The first-order valence-corrected chi connectivity index (χ1v) is 17.8. The maximum absolute atomic E-state index is 14.2. The van der Waals surface area contributed by atoms with Gasteiger partial charge in [-0.2, -0.15) is 0 Å². The minimum absolute atomic E-state index is 0.00273. The molecule has 3 saturated heterocycles. The number of piperidine rings is 1. The molecule has 246 valence electrons. The second-order valence-electron chi connectivity index (χ2n) is 14.0. The summed E-state index contributed by atoms with van der Waals surface area (Å²) in [6.45, 7) is 7.65. The van der Waals surface area contributed by atoms with Gasteiger partial charge in [-0.3, -0.25) is 19.4 Å². The van der Waals surface area contributed by atoms with Gasteiger partial charge < -0.3 is 9.84 Å². The van der Waals surface area contributed by atoms with E-state index in [2.05, 4.69) is 55.2 Å². The van der Waals surface area contributed by atoms with E-state index in [1.165, 1.54) is 22.3 Å². The smallest absolute Gasteiger partial charge is 0.234 e. The predicted molar refractivity (Wildman–Crippen MR) is 186 cm³/mol. The van der Waals surface area contributed by atoms with Crippen molar-refractivity contribution in [2.24, 2.45) is 17.8 Å². The first kappa shape index (κ1) is 31.8. The number of rotatable bonds is 10. The van der Waals surface area contributed by atoms with Crippen molar-refractivity contribution in [1.82, 2.24) is 9.80 Å². The molecule has 3 heterocycles. The number of ether oxygens (including phenoxy) is 1. The van der Waals surface area contributed by atoms with Crippen molar-refractivity contribution in [3.05, 3.63) is 94.6 Å². The highest BCUT2D eigenvalue weighted by Gasteiger charge is 2.58. The summed E-state index contributed by atoms with van der Waals surface area (Å²) in [7, 11) is 0. The standard InChI is InChI=1S/C41H48N2O4/c1-3-10-30-24-34-39(41(46)43(40(34)45)31-19-21-42(22-20-31)25-28-11-6-5-7-12-28)35-26-47-37(38(30)35)18-15-27(4-2)23-29-16-17-36(44)33-14-9-8-13-32(29)33/h5-9,11-14,16-17,23,31,34-35,37,39,44H,3-4,10,15,18-22,24-26H2,1-2H3/b27-23+/t34-,35+,37-,39-/m1/s1. The summed E-state index contributed by atoms with van der Waals surface area (Å²) in [6, 6.07) is 22.3. The van der Waals surface area contributed by atoms with Gasteiger partial charge in [0, 0.05) is 37.0 Å². The minimum Gasteiger partial charge on any atom is -0.507 e. The number of aromatic hydroxyl groups is 1. The first-order valence-electron chi connectivity index (χ1n) is 17.8. The fourth-order valence-electron chi connectivity index (χ4n) is 8.89. The monoisotopic (exact) mass is 632 g/mol. The highest BCUT2D eigenvalue weighted by molar-refractivity contribution is 6.06. The highest BCUT2D eigenvalue weighted by atomic mass is 16.5. The quantitative estimate of drug-likeness (QED) is 0.182. The number of amides is 2. The molecule has 0 aromatic heterocycles. The Morgan fingerprint density at radius 1 is 0.915 bits per heavy atom. The van der Waals surface area contributed by atoms with E-state index < -0.39 is 0 Å². The minimum atomic E-state index is -0.282. The van der Waals surface area contributed by atoms with E-state index in [0.717, 1.165) is 80.9 Å². The lowest BCUT2D eigenvalue weighted by Crippen LogP contribution is -2.47. The lowest BCUT2D eigenvalue weighted by molar-refractivity contribution is -0.144. The summed E-state index contributed by atoms with van der Waals surface area (Å²) >= 11 is 0. The number of hydrogen-bond donors (Lipinski definition) is 1. The number of imide groups is 1. The third-order valence-electron chi connectivity index (χ3n) is 11.2. The van der Waals surface area contributed by atoms with Crippen LogP contribution in [0.2, 0.25) is 0 Å². The zero-order chi connectivity index (χ0) is 32.5. The Hall–Kier alpha value is -3.74. The Kier molecular flexibility index (Phi) is 9.33. The summed E-state index contributed by atoms with van der Waals surface area (Å²) in [5.74, 6) is -0.0901. The third kappa shape index (κ3) is 6.18. The molecule has 3 fully saturated rings. The molecule has 2 amide bonds. The topological polar surface area (TPSA) is 70.1 Å². The molecule has 6 heteroatoms. The number of benzene rings is 3. The number of phenols is 1. The molecule has 47 heavy (non-hydrogen) atoms. The number of likely N-dealkylation sites (tertiary alicyclic amines) is 2. The van der Waals surface area contributed by atoms with Gasteiger partial charge in [0.15, 0.2) is 0 Å². The van der Waals surface area contributed by atoms with E-state index in [9.17, 15) is 14.7 Å². The van der Waals surface area contributed by atoms with E-state index >= 15 is 0 Å². The van der Waals surface area contributed by atoms with Crippen molar-refractivity contribution < 1.29 is 19.4 Å².